The van der Waals surface area contributed by atoms with Gasteiger partial charge in [-0.3, -0.25) is 14.3 Å². The maximum Gasteiger partial charge on any atom is 0.261 e. The Kier molecular flexibility index (Phi) is 5.90. The van der Waals surface area contributed by atoms with Gasteiger partial charge < -0.3 is 10.6 Å². The third kappa shape index (κ3) is 5.01. The van der Waals surface area contributed by atoms with Crippen molar-refractivity contribution in [3.8, 4) is 0 Å². The van der Waals surface area contributed by atoms with E-state index in [1.807, 2.05) is 0 Å². The zero-order valence-corrected chi connectivity index (χ0v) is 18.3. The molecule has 1 aliphatic rings. The Morgan fingerprint density at radius 1 is 1.00 bits per heavy atom. The molecular formula is C21H16ClN3O4S2. The van der Waals surface area contributed by atoms with E-state index < -0.39 is 15.9 Å². The second kappa shape index (κ2) is 8.62. The van der Waals surface area contributed by atoms with Crippen molar-refractivity contribution >= 4 is 62.3 Å². The minimum Gasteiger partial charge on any atom is -0.324 e. The lowest BCUT2D eigenvalue weighted by Crippen LogP contribution is -2.20. The molecular weight excluding hydrogens is 458 g/mol. The predicted octanol–water partition coefficient (Wildman–Crippen LogP) is 4.44. The van der Waals surface area contributed by atoms with Gasteiger partial charge in [0.2, 0.25) is 5.91 Å². The summed E-state index contributed by atoms with van der Waals surface area (Å²) in [6.45, 7) is 0. The molecule has 0 atom stereocenters. The number of hydrogen-bond acceptors (Lipinski definition) is 5. The molecule has 0 saturated heterocycles. The predicted molar refractivity (Wildman–Crippen MR) is 122 cm³/mol. The third-order valence-electron chi connectivity index (χ3n) is 4.37. The summed E-state index contributed by atoms with van der Waals surface area (Å²) in [4.78, 5) is 25.1. The molecule has 31 heavy (non-hydrogen) atoms. The van der Waals surface area contributed by atoms with E-state index in [0.29, 0.717) is 33.4 Å². The quantitative estimate of drug-likeness (QED) is 0.508. The number of carbonyl (C=O) groups excluding carboxylic acids is 2. The molecule has 0 radical (unpaired) electrons. The van der Waals surface area contributed by atoms with Crippen LogP contribution in [0.1, 0.15) is 10.4 Å². The van der Waals surface area contributed by atoms with Gasteiger partial charge in [0.05, 0.1) is 16.3 Å². The van der Waals surface area contributed by atoms with Gasteiger partial charge in [-0.25, -0.2) is 8.42 Å². The highest BCUT2D eigenvalue weighted by molar-refractivity contribution is 8.00. The molecule has 3 aromatic carbocycles. The molecule has 1 heterocycles. The van der Waals surface area contributed by atoms with Crippen LogP contribution in [0.15, 0.2) is 76.5 Å². The number of hydrogen-bond donors (Lipinski definition) is 3. The average Bonchev–Trinajstić information content (AvgIpc) is 2.75. The zero-order chi connectivity index (χ0) is 22.0. The van der Waals surface area contributed by atoms with Crippen LogP contribution in [0.3, 0.4) is 0 Å². The van der Waals surface area contributed by atoms with Crippen molar-refractivity contribution in [3.63, 3.8) is 0 Å². The Hall–Kier alpha value is -3.01. The molecule has 7 nitrogen and oxygen atoms in total. The summed E-state index contributed by atoms with van der Waals surface area (Å²) in [6.07, 6.45) is 0. The molecule has 158 valence electrons. The largest absolute Gasteiger partial charge is 0.324 e. The Morgan fingerprint density at radius 2 is 1.77 bits per heavy atom. The molecule has 0 bridgehead atoms. The fraction of sp³-hybridized carbons (Fsp3) is 0.0476. The van der Waals surface area contributed by atoms with Crippen molar-refractivity contribution in [2.45, 2.75) is 9.79 Å². The summed E-state index contributed by atoms with van der Waals surface area (Å²) >= 11 is 7.23. The minimum atomic E-state index is -3.86. The second-order valence-electron chi connectivity index (χ2n) is 6.64. The van der Waals surface area contributed by atoms with Crippen LogP contribution in [0, 0.1) is 0 Å². The lowest BCUT2D eigenvalue weighted by molar-refractivity contribution is -0.113. The van der Waals surface area contributed by atoms with Gasteiger partial charge in [0.25, 0.3) is 15.9 Å². The number of sulfonamides is 1. The van der Waals surface area contributed by atoms with E-state index in [-0.39, 0.29) is 10.8 Å². The van der Waals surface area contributed by atoms with Gasteiger partial charge in [-0.15, -0.1) is 11.8 Å². The summed E-state index contributed by atoms with van der Waals surface area (Å²) in [6, 6.07) is 17.2. The number of carbonyl (C=O) groups is 2. The molecule has 1 aliphatic heterocycles. The molecule has 0 aliphatic carbocycles. The summed E-state index contributed by atoms with van der Waals surface area (Å²) in [5, 5.41) is 5.92. The van der Waals surface area contributed by atoms with Gasteiger partial charge in [0, 0.05) is 26.9 Å². The fourth-order valence-electron chi connectivity index (χ4n) is 2.90. The molecule has 2 amide bonds. The van der Waals surface area contributed by atoms with Gasteiger partial charge in [0.1, 0.15) is 0 Å². The maximum atomic E-state index is 12.7. The number of halogens is 1. The van der Waals surface area contributed by atoms with Crippen molar-refractivity contribution < 1.29 is 18.0 Å². The number of nitrogens with one attached hydrogen (secondary N) is 3. The average molecular weight is 474 g/mol. The standard InChI is InChI=1S/C21H16ClN3O4S2/c22-14-5-7-15(8-6-14)25-31(28,29)17-3-1-2-16(11-17)23-21(27)13-4-9-19-18(10-13)24-20(26)12-30-19/h1-11,25H,12H2,(H,23,27)(H,24,26). The van der Waals surface area contributed by atoms with Crippen molar-refractivity contribution in [1.82, 2.24) is 0 Å². The molecule has 10 heteroatoms. The fourth-order valence-corrected chi connectivity index (χ4v) is 4.92. The van der Waals surface area contributed by atoms with E-state index in [1.54, 1.807) is 48.5 Å². The first-order valence-corrected chi connectivity index (χ1v) is 11.9. The molecule has 0 unspecified atom stereocenters. The summed E-state index contributed by atoms with van der Waals surface area (Å²) in [7, 11) is -3.86. The van der Waals surface area contributed by atoms with Crippen LogP contribution in [0.2, 0.25) is 5.02 Å². The topological polar surface area (TPSA) is 104 Å². The first-order valence-electron chi connectivity index (χ1n) is 9.07. The highest BCUT2D eigenvalue weighted by Crippen LogP contribution is 2.32. The van der Waals surface area contributed by atoms with Crippen LogP contribution < -0.4 is 15.4 Å². The maximum absolute atomic E-state index is 12.7. The molecule has 3 aromatic rings. The number of benzene rings is 3. The summed E-state index contributed by atoms with van der Waals surface area (Å²) < 4.78 is 27.8. The summed E-state index contributed by atoms with van der Waals surface area (Å²) in [5.74, 6) is -0.210. The first kappa shape index (κ1) is 21.2. The van der Waals surface area contributed by atoms with E-state index in [9.17, 15) is 18.0 Å². The second-order valence-corrected chi connectivity index (χ2v) is 9.78. The Balaban J connectivity index is 1.52. The van der Waals surface area contributed by atoms with Gasteiger partial charge in [0.15, 0.2) is 0 Å². The summed E-state index contributed by atoms with van der Waals surface area (Å²) in [5.41, 5.74) is 1.61. The van der Waals surface area contributed by atoms with Crippen molar-refractivity contribution in [2.75, 3.05) is 21.1 Å². The van der Waals surface area contributed by atoms with Crippen molar-refractivity contribution in [2.24, 2.45) is 0 Å². The molecule has 0 spiro atoms. The van der Waals surface area contributed by atoms with Crippen LogP contribution in [0.4, 0.5) is 17.1 Å². The van der Waals surface area contributed by atoms with Gasteiger partial charge in [-0.05, 0) is 60.7 Å². The monoisotopic (exact) mass is 473 g/mol. The molecule has 0 saturated carbocycles. The van der Waals surface area contributed by atoms with Crippen LogP contribution in [0.25, 0.3) is 0 Å². The lowest BCUT2D eigenvalue weighted by atomic mass is 10.1. The molecule has 3 N–H and O–H groups in total. The van der Waals surface area contributed by atoms with Crippen LogP contribution in [0.5, 0.6) is 0 Å². The van der Waals surface area contributed by atoms with Gasteiger partial charge in [-0.2, -0.15) is 0 Å². The highest BCUT2D eigenvalue weighted by Gasteiger charge is 2.18. The van der Waals surface area contributed by atoms with Gasteiger partial charge in [-0.1, -0.05) is 17.7 Å². The highest BCUT2D eigenvalue weighted by atomic mass is 35.5. The van der Waals surface area contributed by atoms with Crippen molar-refractivity contribution in [3.05, 3.63) is 77.3 Å². The van der Waals surface area contributed by atoms with Crippen LogP contribution in [-0.4, -0.2) is 26.0 Å². The Bertz CT molecular complexity index is 1280. The van der Waals surface area contributed by atoms with E-state index in [1.165, 1.54) is 30.0 Å². The zero-order valence-electron chi connectivity index (χ0n) is 15.9. The SMILES string of the molecule is O=C1CSc2ccc(C(=O)Nc3cccc(S(=O)(=O)Nc4ccc(Cl)cc4)c3)cc2N1. The lowest BCUT2D eigenvalue weighted by Gasteiger charge is -2.17. The van der Waals surface area contributed by atoms with Crippen LogP contribution in [-0.2, 0) is 14.8 Å². The number of thioether (sulfide) groups is 1. The third-order valence-corrected chi connectivity index (χ3v) is 7.08. The van der Waals surface area contributed by atoms with Crippen molar-refractivity contribution in [1.29, 1.82) is 0 Å². The Morgan fingerprint density at radius 3 is 2.55 bits per heavy atom. The number of rotatable bonds is 5. The smallest absolute Gasteiger partial charge is 0.261 e. The normalized spacial score (nSPS) is 13.1. The Labute approximate surface area is 188 Å². The first-order chi connectivity index (χ1) is 14.8. The molecule has 4 rings (SSSR count). The van der Waals surface area contributed by atoms with Crippen LogP contribution >= 0.6 is 23.4 Å². The van der Waals surface area contributed by atoms with E-state index in [0.717, 1.165) is 4.90 Å². The number of anilines is 3. The number of fused-ring (bicyclic) bond motifs is 1. The molecule has 0 fully saturated rings. The minimum absolute atomic E-state index is 0.00523. The van der Waals surface area contributed by atoms with E-state index in [4.69, 9.17) is 11.6 Å². The van der Waals surface area contributed by atoms with E-state index in [2.05, 4.69) is 15.4 Å². The van der Waals surface area contributed by atoms with Gasteiger partial charge >= 0.3 is 0 Å². The molecule has 0 aromatic heterocycles. The van der Waals surface area contributed by atoms with E-state index >= 15 is 0 Å². The number of amides is 2.